The van der Waals surface area contributed by atoms with E-state index < -0.39 is 5.91 Å². The number of rotatable bonds is 1. The number of hydrogen-bond acceptors (Lipinski definition) is 2. The van der Waals surface area contributed by atoms with E-state index in [1.165, 1.54) is 4.57 Å². The van der Waals surface area contributed by atoms with Gasteiger partial charge in [-0.1, -0.05) is 20.8 Å². The maximum atomic E-state index is 11.6. The fourth-order valence-electron chi connectivity index (χ4n) is 1.30. The molecule has 1 heterocycles. The van der Waals surface area contributed by atoms with Crippen molar-refractivity contribution in [2.45, 2.75) is 26.2 Å². The predicted octanol–water partition coefficient (Wildman–Crippen LogP) is 0.782. The largest absolute Gasteiger partial charge is 0.365 e. The van der Waals surface area contributed by atoms with Crippen molar-refractivity contribution >= 4 is 5.91 Å². The summed E-state index contributed by atoms with van der Waals surface area (Å²) in [5.74, 6) is -0.679. The van der Waals surface area contributed by atoms with Gasteiger partial charge in [-0.3, -0.25) is 9.59 Å². The van der Waals surface area contributed by atoms with Crippen LogP contribution in [0.15, 0.2) is 17.1 Å². The van der Waals surface area contributed by atoms with Gasteiger partial charge in [0.2, 0.25) is 0 Å². The van der Waals surface area contributed by atoms with E-state index in [9.17, 15) is 9.59 Å². The van der Waals surface area contributed by atoms with E-state index in [0.29, 0.717) is 0 Å². The van der Waals surface area contributed by atoms with Crippen molar-refractivity contribution in [1.82, 2.24) is 4.57 Å². The fourth-order valence-corrected chi connectivity index (χ4v) is 1.30. The lowest BCUT2D eigenvalue weighted by Crippen LogP contribution is -2.30. The molecule has 15 heavy (non-hydrogen) atoms. The van der Waals surface area contributed by atoms with Gasteiger partial charge in [0.1, 0.15) is 5.56 Å². The number of amides is 1. The normalized spacial score (nSPS) is 11.5. The molecule has 0 fully saturated rings. The first-order valence-corrected chi connectivity index (χ1v) is 4.74. The van der Waals surface area contributed by atoms with E-state index in [0.717, 1.165) is 5.56 Å². The smallest absolute Gasteiger partial charge is 0.263 e. The maximum Gasteiger partial charge on any atom is 0.263 e. The lowest BCUT2D eigenvalue weighted by Gasteiger charge is -2.20. The number of hydrogen-bond donors (Lipinski definition) is 1. The Labute approximate surface area is 88.7 Å². The van der Waals surface area contributed by atoms with Crippen molar-refractivity contribution < 1.29 is 4.79 Å². The monoisotopic (exact) mass is 208 g/mol. The van der Waals surface area contributed by atoms with E-state index >= 15 is 0 Å². The molecule has 0 aliphatic heterocycles. The zero-order valence-corrected chi connectivity index (χ0v) is 9.50. The molecule has 0 unspecified atom stereocenters. The summed E-state index contributed by atoms with van der Waals surface area (Å²) in [4.78, 5) is 22.6. The van der Waals surface area contributed by atoms with Crippen LogP contribution in [0.25, 0.3) is 0 Å². The van der Waals surface area contributed by atoms with Crippen LogP contribution in [-0.2, 0) is 12.5 Å². The number of carbonyl (C=O) groups excluding carboxylic acids is 1. The van der Waals surface area contributed by atoms with Gasteiger partial charge in [0.25, 0.3) is 11.5 Å². The standard InChI is InChI=1S/C11H16N2O2/c1-11(2,3)7-5-8(9(12)14)10(15)13(4)6-7/h5-6H,1-4H3,(H2,12,14). The molecule has 1 aromatic heterocycles. The number of aryl methyl sites for hydroxylation is 1. The zero-order valence-electron chi connectivity index (χ0n) is 9.50. The molecule has 0 bridgehead atoms. The van der Waals surface area contributed by atoms with Gasteiger partial charge in [-0.05, 0) is 17.0 Å². The third-order valence-electron chi connectivity index (χ3n) is 2.31. The van der Waals surface area contributed by atoms with Gasteiger partial charge in [-0.15, -0.1) is 0 Å². The Morgan fingerprint density at radius 3 is 2.33 bits per heavy atom. The van der Waals surface area contributed by atoms with Crippen LogP contribution in [0.5, 0.6) is 0 Å². The summed E-state index contributed by atoms with van der Waals surface area (Å²) in [6.45, 7) is 6.03. The molecule has 2 N–H and O–H groups in total. The number of pyridine rings is 1. The molecule has 4 heteroatoms. The summed E-state index contributed by atoms with van der Waals surface area (Å²) in [5, 5.41) is 0. The van der Waals surface area contributed by atoms with E-state index in [-0.39, 0.29) is 16.5 Å². The zero-order chi connectivity index (χ0) is 11.8. The number of carbonyl (C=O) groups is 1. The van der Waals surface area contributed by atoms with Crippen LogP contribution in [0.1, 0.15) is 36.7 Å². The number of primary amides is 1. The van der Waals surface area contributed by atoms with Crippen LogP contribution in [0.4, 0.5) is 0 Å². The number of nitrogens with two attached hydrogens (primary N) is 1. The van der Waals surface area contributed by atoms with Gasteiger partial charge in [-0.25, -0.2) is 0 Å². The molecule has 0 aromatic carbocycles. The molecule has 1 aromatic rings. The molecule has 0 radical (unpaired) electrons. The molecule has 0 aliphatic rings. The molecular weight excluding hydrogens is 192 g/mol. The van der Waals surface area contributed by atoms with Crippen LogP contribution in [0, 0.1) is 0 Å². The minimum Gasteiger partial charge on any atom is -0.365 e. The maximum absolute atomic E-state index is 11.6. The molecular formula is C11H16N2O2. The molecule has 0 spiro atoms. The Hall–Kier alpha value is -1.58. The van der Waals surface area contributed by atoms with E-state index in [1.807, 2.05) is 20.8 Å². The molecule has 82 valence electrons. The average molecular weight is 208 g/mol. The molecule has 1 rings (SSSR count). The fraction of sp³-hybridized carbons (Fsp3) is 0.455. The average Bonchev–Trinajstić information content (AvgIpc) is 2.06. The summed E-state index contributed by atoms with van der Waals surface area (Å²) >= 11 is 0. The van der Waals surface area contributed by atoms with E-state index in [2.05, 4.69) is 0 Å². The lowest BCUT2D eigenvalue weighted by atomic mass is 9.87. The summed E-state index contributed by atoms with van der Waals surface area (Å²) in [5.41, 5.74) is 5.64. The Balaban J connectivity index is 3.50. The first-order chi connectivity index (χ1) is 6.73. The minimum atomic E-state index is -0.679. The quantitative estimate of drug-likeness (QED) is 0.741. The van der Waals surface area contributed by atoms with E-state index in [1.54, 1.807) is 19.3 Å². The van der Waals surface area contributed by atoms with Gasteiger partial charge in [-0.2, -0.15) is 0 Å². The third-order valence-corrected chi connectivity index (χ3v) is 2.31. The topological polar surface area (TPSA) is 65.1 Å². The van der Waals surface area contributed by atoms with Crippen molar-refractivity contribution in [3.63, 3.8) is 0 Å². The highest BCUT2D eigenvalue weighted by atomic mass is 16.2. The van der Waals surface area contributed by atoms with Gasteiger partial charge in [0.15, 0.2) is 0 Å². The highest BCUT2D eigenvalue weighted by Gasteiger charge is 2.18. The van der Waals surface area contributed by atoms with Crippen molar-refractivity contribution in [2.75, 3.05) is 0 Å². The summed E-state index contributed by atoms with van der Waals surface area (Å²) in [6.07, 6.45) is 1.73. The summed E-state index contributed by atoms with van der Waals surface area (Å²) in [6, 6.07) is 1.57. The minimum absolute atomic E-state index is 0.0462. The Morgan fingerprint density at radius 1 is 1.40 bits per heavy atom. The molecule has 0 aliphatic carbocycles. The summed E-state index contributed by atoms with van der Waals surface area (Å²) < 4.78 is 1.39. The molecule has 4 nitrogen and oxygen atoms in total. The molecule has 0 saturated carbocycles. The first kappa shape index (κ1) is 11.5. The van der Waals surface area contributed by atoms with Crippen molar-refractivity contribution in [3.05, 3.63) is 33.7 Å². The predicted molar refractivity (Wildman–Crippen MR) is 58.9 cm³/mol. The van der Waals surface area contributed by atoms with E-state index in [4.69, 9.17) is 5.73 Å². The third kappa shape index (κ3) is 2.26. The molecule has 0 atom stereocenters. The Morgan fingerprint density at radius 2 is 1.93 bits per heavy atom. The SMILES string of the molecule is Cn1cc(C(C)(C)C)cc(C(N)=O)c1=O. The number of nitrogens with zero attached hydrogens (tertiary/aromatic N) is 1. The van der Waals surface area contributed by atoms with Crippen LogP contribution in [-0.4, -0.2) is 10.5 Å². The first-order valence-electron chi connectivity index (χ1n) is 4.74. The van der Waals surface area contributed by atoms with Crippen LogP contribution >= 0.6 is 0 Å². The van der Waals surface area contributed by atoms with Crippen LogP contribution in [0.2, 0.25) is 0 Å². The van der Waals surface area contributed by atoms with Crippen molar-refractivity contribution in [3.8, 4) is 0 Å². The van der Waals surface area contributed by atoms with Gasteiger partial charge < -0.3 is 10.3 Å². The molecule has 1 amide bonds. The second-order valence-electron chi connectivity index (χ2n) is 4.67. The Kier molecular flexibility index (Phi) is 2.71. The second-order valence-corrected chi connectivity index (χ2v) is 4.67. The lowest BCUT2D eigenvalue weighted by molar-refractivity contribution is 0.0998. The van der Waals surface area contributed by atoms with Crippen molar-refractivity contribution in [2.24, 2.45) is 12.8 Å². The second kappa shape index (κ2) is 3.53. The number of aromatic nitrogens is 1. The Bertz CT molecular complexity index is 453. The summed E-state index contributed by atoms with van der Waals surface area (Å²) in [7, 11) is 1.62. The van der Waals surface area contributed by atoms with Gasteiger partial charge in [0.05, 0.1) is 0 Å². The highest BCUT2D eigenvalue weighted by molar-refractivity contribution is 5.92. The highest BCUT2D eigenvalue weighted by Crippen LogP contribution is 2.21. The van der Waals surface area contributed by atoms with Gasteiger partial charge in [0, 0.05) is 13.2 Å². The van der Waals surface area contributed by atoms with Crippen LogP contribution in [0.3, 0.4) is 0 Å². The van der Waals surface area contributed by atoms with Crippen molar-refractivity contribution in [1.29, 1.82) is 0 Å². The molecule has 0 saturated heterocycles. The van der Waals surface area contributed by atoms with Crippen LogP contribution < -0.4 is 11.3 Å². The van der Waals surface area contributed by atoms with Gasteiger partial charge >= 0.3 is 0 Å².